The summed E-state index contributed by atoms with van der Waals surface area (Å²) in [6.07, 6.45) is 0. The summed E-state index contributed by atoms with van der Waals surface area (Å²) in [5, 5.41) is 4.85. The molecule has 0 aliphatic carbocycles. The minimum Gasteiger partial charge on any atom is -0.305 e. The number of thiophene rings is 3. The zero-order chi connectivity index (χ0) is 42.8. The summed E-state index contributed by atoms with van der Waals surface area (Å²) in [6.45, 7) is 0. The molecule has 0 amide bonds. The maximum Gasteiger partial charge on any atom is 0.103 e. The Morgan fingerprint density at radius 2 is 0.723 bits per heavy atom. The first-order valence-electron chi connectivity index (χ1n) is 21.8. The van der Waals surface area contributed by atoms with Crippen LogP contribution in [0, 0.1) is 0 Å². The minimum absolute atomic E-state index is 1.13. The van der Waals surface area contributed by atoms with E-state index in [4.69, 9.17) is 0 Å². The normalized spacial score (nSPS) is 11.7. The van der Waals surface area contributed by atoms with Gasteiger partial charge >= 0.3 is 0 Å². The van der Waals surface area contributed by atoms with E-state index in [1.807, 2.05) is 34.0 Å². The molecule has 65 heavy (non-hydrogen) atoms. The quantitative estimate of drug-likeness (QED) is 0.144. The van der Waals surface area contributed by atoms with E-state index in [1.54, 1.807) is 0 Å². The summed E-state index contributed by atoms with van der Waals surface area (Å²) >= 11 is 5.67. The molecule has 0 fully saturated rings. The lowest BCUT2D eigenvalue weighted by atomic mass is 9.98. The van der Waals surface area contributed by atoms with Gasteiger partial charge in [0, 0.05) is 34.1 Å². The highest BCUT2D eigenvalue weighted by atomic mass is 32.1. The molecule has 0 aliphatic rings. The fourth-order valence-corrected chi connectivity index (χ4v) is 13.4. The molecule has 13 aromatic rings. The standard InChI is InChI=1S/C58H38N4S3/c1-6-21-41(22-7-1)59(42-23-8-2-9-24-42)51-37-49-55(63-51)57-53(61(49)45-29-14-5-15-30-45)54-58(65-57)56-50(38-52(64-56)60(43-25-10-3-11-26-43)44-27-12-4-13-28-44)62(54)46-35-33-40(34-36-46)48-32-18-20-39-19-16-17-31-47(39)48/h1-38H. The van der Waals surface area contributed by atoms with Gasteiger partial charge in [-0.15, -0.1) is 34.0 Å². The number of hydrogen-bond donors (Lipinski definition) is 0. The Balaban J connectivity index is 1.09. The lowest BCUT2D eigenvalue weighted by Gasteiger charge is -2.23. The molecule has 0 spiro atoms. The summed E-state index contributed by atoms with van der Waals surface area (Å²) in [6, 6.07) is 83.2. The third kappa shape index (κ3) is 6.23. The average molecular weight is 887 g/mol. The molecule has 0 saturated heterocycles. The van der Waals surface area contributed by atoms with E-state index in [0.717, 1.165) is 34.1 Å². The van der Waals surface area contributed by atoms with Crippen molar-refractivity contribution < 1.29 is 0 Å². The Morgan fingerprint density at radius 3 is 1.20 bits per heavy atom. The lowest BCUT2D eigenvalue weighted by molar-refractivity contribution is 1.15. The highest BCUT2D eigenvalue weighted by Gasteiger charge is 2.29. The molecule has 0 saturated carbocycles. The van der Waals surface area contributed by atoms with Gasteiger partial charge < -0.3 is 18.9 Å². The molecule has 5 heterocycles. The molecule has 8 aromatic carbocycles. The van der Waals surface area contributed by atoms with Gasteiger partial charge in [-0.25, -0.2) is 0 Å². The molecular formula is C58H38N4S3. The van der Waals surface area contributed by atoms with E-state index in [-0.39, 0.29) is 0 Å². The van der Waals surface area contributed by atoms with Gasteiger partial charge in [-0.05, 0) is 107 Å². The number of benzene rings is 8. The molecule has 0 bridgehead atoms. The summed E-state index contributed by atoms with van der Waals surface area (Å²) in [5.74, 6) is 0. The Labute approximate surface area is 388 Å². The van der Waals surface area contributed by atoms with Gasteiger partial charge in [0.15, 0.2) is 0 Å². The van der Waals surface area contributed by atoms with Crippen molar-refractivity contribution in [1.29, 1.82) is 0 Å². The summed E-state index contributed by atoms with van der Waals surface area (Å²) in [4.78, 5) is 4.79. The van der Waals surface area contributed by atoms with Crippen molar-refractivity contribution in [3.63, 3.8) is 0 Å². The van der Waals surface area contributed by atoms with Crippen LogP contribution in [0.1, 0.15) is 0 Å². The van der Waals surface area contributed by atoms with Crippen LogP contribution in [0.2, 0.25) is 0 Å². The van der Waals surface area contributed by atoms with Crippen LogP contribution in [0.3, 0.4) is 0 Å². The highest BCUT2D eigenvalue weighted by Crippen LogP contribution is 2.54. The van der Waals surface area contributed by atoms with Crippen LogP contribution >= 0.6 is 34.0 Å². The zero-order valence-electron chi connectivity index (χ0n) is 35.0. The van der Waals surface area contributed by atoms with Crippen molar-refractivity contribution in [3.8, 4) is 22.5 Å². The van der Waals surface area contributed by atoms with E-state index in [2.05, 4.69) is 249 Å². The van der Waals surface area contributed by atoms with Gasteiger partial charge in [-0.2, -0.15) is 0 Å². The molecule has 0 N–H and O–H groups in total. The largest absolute Gasteiger partial charge is 0.305 e. The Bertz CT molecular complexity index is 3730. The maximum absolute atomic E-state index is 2.54. The van der Waals surface area contributed by atoms with Crippen LogP contribution in [-0.2, 0) is 0 Å². The van der Waals surface area contributed by atoms with E-state index in [9.17, 15) is 0 Å². The fraction of sp³-hybridized carbons (Fsp3) is 0. The SMILES string of the molecule is c1ccc(N(c2ccccc2)c2cc3c(s2)c2sc4c5sc(N(c6ccccc6)c6ccccc6)cc5n(-c5ccc(-c6cccc7ccccc67)cc5)c4c2n3-c2ccccc2)cc1. The fourth-order valence-electron chi connectivity index (χ4n) is 9.49. The topological polar surface area (TPSA) is 16.3 Å². The Morgan fingerprint density at radius 1 is 0.323 bits per heavy atom. The molecule has 13 rings (SSSR count). The van der Waals surface area contributed by atoms with Gasteiger partial charge in [0.2, 0.25) is 0 Å². The monoisotopic (exact) mass is 886 g/mol. The second-order valence-electron chi connectivity index (χ2n) is 16.1. The second kappa shape index (κ2) is 15.5. The first-order valence-corrected chi connectivity index (χ1v) is 24.2. The first-order chi connectivity index (χ1) is 32.3. The number of nitrogens with zero attached hydrogens (tertiary/aromatic N) is 4. The zero-order valence-corrected chi connectivity index (χ0v) is 37.4. The van der Waals surface area contributed by atoms with Gasteiger partial charge in [0.1, 0.15) is 10.0 Å². The van der Waals surface area contributed by atoms with Crippen LogP contribution in [-0.4, -0.2) is 9.13 Å². The molecule has 0 radical (unpaired) electrons. The maximum atomic E-state index is 2.54. The molecule has 4 nitrogen and oxygen atoms in total. The van der Waals surface area contributed by atoms with Gasteiger partial charge in [-0.3, -0.25) is 0 Å². The van der Waals surface area contributed by atoms with Crippen LogP contribution in [0.15, 0.2) is 231 Å². The van der Waals surface area contributed by atoms with E-state index < -0.39 is 0 Å². The molecule has 7 heteroatoms. The van der Waals surface area contributed by atoms with Crippen molar-refractivity contribution in [2.45, 2.75) is 0 Å². The molecule has 308 valence electrons. The number of rotatable bonds is 9. The predicted molar refractivity (Wildman–Crippen MR) is 281 cm³/mol. The van der Waals surface area contributed by atoms with Crippen LogP contribution in [0.25, 0.3) is 74.1 Å². The van der Waals surface area contributed by atoms with Gasteiger partial charge in [0.25, 0.3) is 0 Å². The van der Waals surface area contributed by atoms with Crippen LogP contribution < -0.4 is 9.80 Å². The number of para-hydroxylation sites is 5. The lowest BCUT2D eigenvalue weighted by Crippen LogP contribution is -2.08. The van der Waals surface area contributed by atoms with E-state index in [1.165, 1.54) is 72.8 Å². The summed E-state index contributed by atoms with van der Waals surface area (Å²) in [5.41, 5.74) is 14.1. The van der Waals surface area contributed by atoms with Crippen molar-refractivity contribution in [2.24, 2.45) is 0 Å². The predicted octanol–water partition coefficient (Wildman–Crippen LogP) is 17.8. The number of anilines is 6. The van der Waals surface area contributed by atoms with Crippen molar-refractivity contribution in [3.05, 3.63) is 231 Å². The molecule has 0 atom stereocenters. The van der Waals surface area contributed by atoms with Crippen LogP contribution in [0.4, 0.5) is 32.8 Å². The molecule has 0 aliphatic heterocycles. The smallest absolute Gasteiger partial charge is 0.103 e. The molecule has 0 unspecified atom stereocenters. The number of fused-ring (bicyclic) bond motifs is 8. The first kappa shape index (κ1) is 37.8. The third-order valence-corrected chi connectivity index (χ3v) is 16.1. The van der Waals surface area contributed by atoms with Crippen molar-refractivity contribution in [2.75, 3.05) is 9.80 Å². The molecular weight excluding hydrogens is 849 g/mol. The van der Waals surface area contributed by atoms with E-state index in [0.29, 0.717) is 0 Å². The Hall–Kier alpha value is -7.68. The van der Waals surface area contributed by atoms with Crippen molar-refractivity contribution in [1.82, 2.24) is 9.13 Å². The summed E-state index contributed by atoms with van der Waals surface area (Å²) < 4.78 is 10.2. The second-order valence-corrected chi connectivity index (χ2v) is 19.2. The minimum atomic E-state index is 1.13. The third-order valence-electron chi connectivity index (χ3n) is 12.3. The Kier molecular flexibility index (Phi) is 9.04. The number of hydrogen-bond acceptors (Lipinski definition) is 5. The van der Waals surface area contributed by atoms with Gasteiger partial charge in [-0.1, -0.05) is 146 Å². The molecule has 5 aromatic heterocycles. The summed E-state index contributed by atoms with van der Waals surface area (Å²) in [7, 11) is 0. The van der Waals surface area contributed by atoms with E-state index >= 15 is 0 Å². The highest BCUT2D eigenvalue weighted by molar-refractivity contribution is 7.35. The van der Waals surface area contributed by atoms with Gasteiger partial charge in [0.05, 0.1) is 40.9 Å². The van der Waals surface area contributed by atoms with Crippen LogP contribution in [0.5, 0.6) is 0 Å². The average Bonchev–Trinajstić information content (AvgIpc) is 4.19. The van der Waals surface area contributed by atoms with Crippen molar-refractivity contribution >= 4 is 118 Å². The number of aromatic nitrogens is 2.